The van der Waals surface area contributed by atoms with Crippen LogP contribution >= 0.6 is 0 Å². The van der Waals surface area contributed by atoms with Crippen molar-refractivity contribution in [2.24, 2.45) is 0 Å². The average Bonchev–Trinajstić information content (AvgIpc) is 2.71. The van der Waals surface area contributed by atoms with Gasteiger partial charge in [0.05, 0.1) is 24.7 Å². The van der Waals surface area contributed by atoms with Gasteiger partial charge in [0.2, 0.25) is 0 Å². The van der Waals surface area contributed by atoms with E-state index in [0.29, 0.717) is 18.9 Å². The molecule has 0 unspecified atom stereocenters. The second-order valence-electron chi connectivity index (χ2n) is 3.15. The van der Waals surface area contributed by atoms with Gasteiger partial charge < -0.3 is 9.31 Å². The van der Waals surface area contributed by atoms with E-state index in [9.17, 15) is 8.42 Å². The van der Waals surface area contributed by atoms with E-state index in [-0.39, 0.29) is 12.9 Å². The molecule has 0 amide bonds. The molecule has 0 spiro atoms. The summed E-state index contributed by atoms with van der Waals surface area (Å²) in [5.74, 6) is -0.0258. The highest BCUT2D eigenvalue weighted by Crippen LogP contribution is 2.01. The largest absolute Gasteiger partial charge is 0.495 e. The number of pyridine rings is 1. The molecule has 0 aromatic carbocycles. The molecule has 1 fully saturated rings. The van der Waals surface area contributed by atoms with Crippen LogP contribution in [0.2, 0.25) is 0 Å². The summed E-state index contributed by atoms with van der Waals surface area (Å²) in [5, 5.41) is 0. The van der Waals surface area contributed by atoms with Crippen LogP contribution in [-0.4, -0.2) is 33.7 Å². The number of nitrogens with zero attached hydrogens (tertiary/aromatic N) is 1. The van der Waals surface area contributed by atoms with Crippen LogP contribution in [0.3, 0.4) is 0 Å². The molecule has 1 aliphatic rings. The van der Waals surface area contributed by atoms with Crippen molar-refractivity contribution in [2.45, 2.75) is 5.75 Å². The van der Waals surface area contributed by atoms with Gasteiger partial charge in [0.1, 0.15) is 10.7 Å². The molecule has 80 valence electrons. The molecule has 0 saturated carbocycles. The Hall–Kier alpha value is -0.915. The van der Waals surface area contributed by atoms with Crippen LogP contribution in [0.15, 0.2) is 18.3 Å². The zero-order valence-corrected chi connectivity index (χ0v) is 8.85. The predicted octanol–water partition coefficient (Wildman–Crippen LogP) is -1.07. The molecule has 1 aliphatic heterocycles. The van der Waals surface area contributed by atoms with Gasteiger partial charge in [-0.15, -0.1) is 0 Å². The van der Waals surface area contributed by atoms with Crippen molar-refractivity contribution in [3.8, 4) is 0 Å². The molecule has 7 heteroatoms. The highest BCUT2D eigenvalue weighted by molar-refractivity contribution is 7.71. The Balaban J connectivity index is 2.09. The number of hydrogen-bond donors (Lipinski definition) is 1. The molecule has 0 N–H and O–H groups in total. The molecule has 0 aliphatic carbocycles. The van der Waals surface area contributed by atoms with Crippen molar-refractivity contribution in [3.63, 3.8) is 0 Å². The fraction of sp³-hybridized carbons (Fsp3) is 0.375. The Morgan fingerprint density at radius 3 is 2.60 bits per heavy atom. The highest BCUT2D eigenvalue weighted by Gasteiger charge is 2.26. The smallest absolute Gasteiger partial charge is 0.405 e. The predicted molar refractivity (Wildman–Crippen MR) is 55.5 cm³/mol. The quantitative estimate of drug-likeness (QED) is 0.526. The van der Waals surface area contributed by atoms with Crippen LogP contribution in [-0.2, 0) is 25.8 Å². The van der Waals surface area contributed by atoms with E-state index in [1.165, 1.54) is 0 Å². The summed E-state index contributed by atoms with van der Waals surface area (Å²) in [6.45, 7) is 1.16. The Morgan fingerprint density at radius 2 is 2.07 bits per heavy atom. The number of thiol groups is 1. The van der Waals surface area contributed by atoms with Gasteiger partial charge in [-0.05, 0) is 6.07 Å². The number of hydrogen-bond acceptors (Lipinski definition) is 5. The Labute approximate surface area is 89.5 Å². The summed E-state index contributed by atoms with van der Waals surface area (Å²) in [6, 6.07) is 3.45. The number of rotatable bonds is 3. The van der Waals surface area contributed by atoms with E-state index in [1.807, 2.05) is 0 Å². The van der Waals surface area contributed by atoms with Gasteiger partial charge in [0, 0.05) is 11.7 Å². The first-order chi connectivity index (χ1) is 7.25. The van der Waals surface area contributed by atoms with Crippen LogP contribution in [0.4, 0.5) is 0 Å². The molecular weight excluding hydrogens is 217 g/mol. The molecule has 2 rings (SSSR count). The van der Waals surface area contributed by atoms with E-state index in [0.717, 1.165) is 5.46 Å². The second kappa shape index (κ2) is 4.74. The molecule has 0 radical (unpaired) electrons. The molecular formula is C8H10BNO4S. The first-order valence-electron chi connectivity index (χ1n) is 4.55. The molecule has 15 heavy (non-hydrogen) atoms. The minimum atomic E-state index is -2.42. The Morgan fingerprint density at radius 1 is 1.33 bits per heavy atom. The zero-order chi connectivity index (χ0) is 10.7. The maximum atomic E-state index is 10.5. The van der Waals surface area contributed by atoms with Gasteiger partial charge in [-0.25, -0.2) is 8.42 Å². The first kappa shape index (κ1) is 10.6. The minimum Gasteiger partial charge on any atom is -0.405 e. The van der Waals surface area contributed by atoms with E-state index < -0.39 is 10.7 Å². The third-order valence-electron chi connectivity index (χ3n) is 2.03. The topological polar surface area (TPSA) is 65.5 Å². The van der Waals surface area contributed by atoms with Crippen LogP contribution in [0.5, 0.6) is 0 Å². The van der Waals surface area contributed by atoms with Gasteiger partial charge in [-0.2, -0.15) is 0 Å². The lowest BCUT2D eigenvalue weighted by atomic mass is 9.81. The maximum absolute atomic E-state index is 10.5. The van der Waals surface area contributed by atoms with Crippen molar-refractivity contribution in [1.82, 2.24) is 4.98 Å². The third kappa shape index (κ3) is 2.77. The monoisotopic (exact) mass is 227 g/mol. The number of aromatic nitrogens is 1. The molecule has 1 aromatic heterocycles. The van der Waals surface area contributed by atoms with Gasteiger partial charge in [-0.3, -0.25) is 4.98 Å². The summed E-state index contributed by atoms with van der Waals surface area (Å²) >= 11 is 0. The lowest BCUT2D eigenvalue weighted by Crippen LogP contribution is -2.32. The SMILES string of the molecule is O=[SH](=O)Cc1ccc(B2OCCO2)cn1. The standard InChI is InChI=1S/C8H10BNO4S/c11-15(12)6-8-2-1-7(5-10-8)9-13-3-4-14-9/h1-2,5,15H,3-4,6H2. The highest BCUT2D eigenvalue weighted by atomic mass is 32.2. The minimum absolute atomic E-state index is 0.0258. The van der Waals surface area contributed by atoms with Crippen LogP contribution in [0.25, 0.3) is 0 Å². The summed E-state index contributed by atoms with van der Waals surface area (Å²) in [7, 11) is -2.78. The van der Waals surface area contributed by atoms with Gasteiger partial charge >= 0.3 is 7.12 Å². The van der Waals surface area contributed by atoms with Gasteiger partial charge in [0.25, 0.3) is 0 Å². The first-order valence-corrected chi connectivity index (χ1v) is 5.92. The van der Waals surface area contributed by atoms with Crippen molar-refractivity contribution < 1.29 is 17.7 Å². The van der Waals surface area contributed by atoms with Gasteiger partial charge in [0.15, 0.2) is 0 Å². The van der Waals surface area contributed by atoms with E-state index in [2.05, 4.69) is 4.98 Å². The van der Waals surface area contributed by atoms with Crippen LogP contribution < -0.4 is 5.46 Å². The van der Waals surface area contributed by atoms with Crippen molar-refractivity contribution in [1.29, 1.82) is 0 Å². The molecule has 0 atom stereocenters. The van der Waals surface area contributed by atoms with Crippen LogP contribution in [0.1, 0.15) is 5.69 Å². The molecule has 5 nitrogen and oxygen atoms in total. The molecule has 0 bridgehead atoms. The third-order valence-corrected chi connectivity index (χ3v) is 2.61. The second-order valence-corrected chi connectivity index (χ2v) is 4.13. The van der Waals surface area contributed by atoms with E-state index in [4.69, 9.17) is 9.31 Å². The molecule has 1 saturated heterocycles. The summed E-state index contributed by atoms with van der Waals surface area (Å²) in [6.07, 6.45) is 1.59. The average molecular weight is 227 g/mol. The maximum Gasteiger partial charge on any atom is 0.495 e. The zero-order valence-electron chi connectivity index (χ0n) is 7.96. The Bertz CT molecular complexity index is 392. The van der Waals surface area contributed by atoms with E-state index >= 15 is 0 Å². The summed E-state index contributed by atoms with van der Waals surface area (Å²) in [4.78, 5) is 4.02. The molecule has 1 aromatic rings. The normalized spacial score (nSPS) is 16.2. The lowest BCUT2D eigenvalue weighted by Gasteiger charge is -2.03. The van der Waals surface area contributed by atoms with Crippen LogP contribution in [0, 0.1) is 0 Å². The Kier molecular flexibility index (Phi) is 3.35. The van der Waals surface area contributed by atoms with Gasteiger partial charge in [-0.1, -0.05) is 6.07 Å². The fourth-order valence-electron chi connectivity index (χ4n) is 1.35. The summed E-state index contributed by atoms with van der Waals surface area (Å²) < 4.78 is 31.5. The van der Waals surface area contributed by atoms with Crippen molar-refractivity contribution in [3.05, 3.63) is 24.0 Å². The summed E-state index contributed by atoms with van der Waals surface area (Å²) in [5.41, 5.74) is 1.35. The molecule has 2 heterocycles. The fourth-order valence-corrected chi connectivity index (χ4v) is 1.80. The van der Waals surface area contributed by atoms with Crippen molar-refractivity contribution in [2.75, 3.05) is 13.2 Å². The van der Waals surface area contributed by atoms with E-state index in [1.54, 1.807) is 18.3 Å². The lowest BCUT2D eigenvalue weighted by molar-refractivity contribution is 0.365. The van der Waals surface area contributed by atoms with Crippen molar-refractivity contribution >= 4 is 23.3 Å².